The molecule has 1 aromatic heterocycles. The zero-order valence-corrected chi connectivity index (χ0v) is 20.6. The van der Waals surface area contributed by atoms with Gasteiger partial charge in [-0.3, -0.25) is 9.78 Å². The van der Waals surface area contributed by atoms with Crippen molar-refractivity contribution in [3.8, 4) is 0 Å². The highest BCUT2D eigenvalue weighted by Crippen LogP contribution is 2.66. The molecule has 1 aromatic rings. The molecule has 0 aromatic carbocycles. The molecule has 1 heterocycles. The van der Waals surface area contributed by atoms with Gasteiger partial charge >= 0.3 is 0 Å². The number of nitrogens with zero attached hydrogens (tertiary/aromatic N) is 1. The fourth-order valence-electron chi connectivity index (χ4n) is 9.43. The van der Waals surface area contributed by atoms with E-state index in [-0.39, 0.29) is 0 Å². The topological polar surface area (TPSA) is 85.4 Å². The number of aromatic nitrogens is 1. The maximum Gasteiger partial charge on any atom is 0.267 e. The Bertz CT molecular complexity index is 890. The smallest absolute Gasteiger partial charge is 0.267 e. The summed E-state index contributed by atoms with van der Waals surface area (Å²) in [7, 11) is 1.71. The first-order valence-corrected chi connectivity index (χ1v) is 13.2. The first-order chi connectivity index (χ1) is 15.8. The summed E-state index contributed by atoms with van der Waals surface area (Å²) in [4.78, 5) is 16.4. The molecule has 5 heteroatoms. The number of hydrogen-bond acceptors (Lipinski definition) is 4. The molecule has 182 valence electrons. The van der Waals surface area contributed by atoms with Crippen LogP contribution in [0.2, 0.25) is 0 Å². The van der Waals surface area contributed by atoms with Gasteiger partial charge in [-0.25, -0.2) is 0 Å². The average Bonchev–Trinajstić information content (AvgIpc) is 3.15. The van der Waals surface area contributed by atoms with Crippen LogP contribution in [0.3, 0.4) is 0 Å². The summed E-state index contributed by atoms with van der Waals surface area (Å²) in [6, 6.07) is 4.01. The molecule has 33 heavy (non-hydrogen) atoms. The predicted molar refractivity (Wildman–Crippen MR) is 129 cm³/mol. The van der Waals surface area contributed by atoms with Crippen LogP contribution in [-0.2, 0) is 4.74 Å². The van der Waals surface area contributed by atoms with E-state index in [1.807, 2.05) is 6.07 Å². The van der Waals surface area contributed by atoms with Crippen LogP contribution in [0.4, 0.5) is 0 Å². The maximum atomic E-state index is 12.0. The van der Waals surface area contributed by atoms with Gasteiger partial charge in [0.05, 0.1) is 12.2 Å². The van der Waals surface area contributed by atoms with Crippen molar-refractivity contribution in [2.75, 3.05) is 13.7 Å². The molecule has 0 radical (unpaired) electrons. The third kappa shape index (κ3) is 3.83. The quantitative estimate of drug-likeness (QED) is 0.660. The van der Waals surface area contributed by atoms with Crippen molar-refractivity contribution in [1.82, 2.24) is 4.98 Å². The molecule has 5 rings (SSSR count). The van der Waals surface area contributed by atoms with E-state index in [2.05, 4.69) is 24.9 Å². The van der Waals surface area contributed by atoms with Crippen LogP contribution in [0.15, 0.2) is 18.3 Å². The number of methoxy groups -OCH3 is 1. The second-order valence-corrected chi connectivity index (χ2v) is 12.2. The van der Waals surface area contributed by atoms with E-state index in [9.17, 15) is 9.90 Å². The lowest BCUT2D eigenvalue weighted by Crippen LogP contribution is -2.52. The summed E-state index contributed by atoms with van der Waals surface area (Å²) in [5, 5.41) is 11.0. The van der Waals surface area contributed by atoms with E-state index in [1.165, 1.54) is 38.5 Å². The normalized spacial score (nSPS) is 43.3. The van der Waals surface area contributed by atoms with E-state index in [1.54, 1.807) is 13.3 Å². The molecular formula is C28H42N2O3. The predicted octanol–water partition coefficient (Wildman–Crippen LogP) is 4.93. The lowest BCUT2D eigenvalue weighted by Gasteiger charge is -2.57. The Hall–Kier alpha value is -1.46. The SMILES string of the molecule is COC[C@@]1(O)CC[C@H]2[C@H](CC[C@@H]3[C@@H]2CC[C@@]2(C)[C@H]3CC[C@H]2[C@H](C)c2cccnc2C(N)=O)C1. The van der Waals surface area contributed by atoms with Crippen LogP contribution in [0, 0.1) is 40.9 Å². The number of nitrogens with two attached hydrogens (primary N) is 1. The fraction of sp³-hybridized carbons (Fsp3) is 0.786. The molecule has 4 saturated carbocycles. The van der Waals surface area contributed by atoms with E-state index < -0.39 is 11.5 Å². The maximum absolute atomic E-state index is 12.0. The molecule has 0 unspecified atom stereocenters. The van der Waals surface area contributed by atoms with E-state index >= 15 is 0 Å². The van der Waals surface area contributed by atoms with Crippen molar-refractivity contribution in [2.24, 2.45) is 46.7 Å². The van der Waals surface area contributed by atoms with Crippen molar-refractivity contribution >= 4 is 5.91 Å². The van der Waals surface area contributed by atoms with E-state index in [4.69, 9.17) is 10.5 Å². The minimum Gasteiger partial charge on any atom is -0.387 e. The lowest BCUT2D eigenvalue weighted by molar-refractivity contribution is -0.125. The first-order valence-electron chi connectivity index (χ1n) is 13.2. The molecule has 3 N–H and O–H groups in total. The summed E-state index contributed by atoms with van der Waals surface area (Å²) in [6.45, 7) is 5.32. The van der Waals surface area contributed by atoms with Crippen LogP contribution in [0.1, 0.15) is 93.6 Å². The summed E-state index contributed by atoms with van der Waals surface area (Å²) >= 11 is 0. The van der Waals surface area contributed by atoms with Gasteiger partial charge < -0.3 is 15.6 Å². The number of pyridine rings is 1. The van der Waals surface area contributed by atoms with Crippen LogP contribution >= 0.6 is 0 Å². The van der Waals surface area contributed by atoms with Crippen LogP contribution < -0.4 is 5.73 Å². The Morgan fingerprint density at radius 3 is 2.73 bits per heavy atom. The molecule has 9 atom stereocenters. The lowest BCUT2D eigenvalue weighted by atomic mass is 9.48. The molecule has 1 amide bonds. The van der Waals surface area contributed by atoms with Gasteiger partial charge in [-0.1, -0.05) is 19.9 Å². The number of carbonyl (C=O) groups is 1. The molecule has 4 fully saturated rings. The highest BCUT2D eigenvalue weighted by molar-refractivity contribution is 5.92. The average molecular weight is 455 g/mol. The Balaban J connectivity index is 1.34. The highest BCUT2D eigenvalue weighted by atomic mass is 16.5. The van der Waals surface area contributed by atoms with Gasteiger partial charge in [0.1, 0.15) is 5.69 Å². The molecule has 0 bridgehead atoms. The molecular weight excluding hydrogens is 412 g/mol. The summed E-state index contributed by atoms with van der Waals surface area (Å²) in [5.41, 5.74) is 6.88. The number of primary amides is 1. The molecule has 4 aliphatic rings. The molecule has 0 spiro atoms. The minimum atomic E-state index is -0.609. The minimum absolute atomic E-state index is 0.294. The van der Waals surface area contributed by atoms with Gasteiger partial charge in [-0.2, -0.15) is 0 Å². The summed E-state index contributed by atoms with van der Waals surface area (Å²) in [5.74, 6) is 4.31. The number of carbonyl (C=O) groups excluding carboxylic acids is 1. The van der Waals surface area contributed by atoms with Crippen LogP contribution in [0.25, 0.3) is 0 Å². The third-order valence-corrected chi connectivity index (χ3v) is 10.8. The second kappa shape index (κ2) is 8.64. The third-order valence-electron chi connectivity index (χ3n) is 10.8. The van der Waals surface area contributed by atoms with E-state index in [0.717, 1.165) is 48.5 Å². The molecule has 4 aliphatic carbocycles. The van der Waals surface area contributed by atoms with Gasteiger partial charge in [0.2, 0.25) is 0 Å². The zero-order valence-electron chi connectivity index (χ0n) is 20.6. The summed E-state index contributed by atoms with van der Waals surface area (Å²) < 4.78 is 5.35. The second-order valence-electron chi connectivity index (χ2n) is 12.2. The fourth-order valence-corrected chi connectivity index (χ4v) is 9.43. The number of hydrogen-bond donors (Lipinski definition) is 2. The number of amides is 1. The van der Waals surface area contributed by atoms with Crippen molar-refractivity contribution in [2.45, 2.75) is 83.2 Å². The number of fused-ring (bicyclic) bond motifs is 5. The summed E-state index contributed by atoms with van der Waals surface area (Å²) in [6.07, 6.45) is 12.4. The Morgan fingerprint density at radius 1 is 1.18 bits per heavy atom. The molecule has 5 nitrogen and oxygen atoms in total. The van der Waals surface area contributed by atoms with Gasteiger partial charge in [0.25, 0.3) is 5.91 Å². The highest BCUT2D eigenvalue weighted by Gasteiger charge is 2.58. The van der Waals surface area contributed by atoms with Gasteiger partial charge in [-0.05, 0) is 116 Å². The Labute approximate surface area is 198 Å². The molecule has 0 saturated heterocycles. The Morgan fingerprint density at radius 2 is 1.97 bits per heavy atom. The van der Waals surface area contributed by atoms with Crippen molar-refractivity contribution in [1.29, 1.82) is 0 Å². The number of rotatable bonds is 5. The van der Waals surface area contributed by atoms with Crippen molar-refractivity contribution < 1.29 is 14.6 Å². The monoisotopic (exact) mass is 454 g/mol. The Kier molecular flexibility index (Phi) is 6.10. The van der Waals surface area contributed by atoms with Crippen LogP contribution in [-0.4, -0.2) is 35.3 Å². The van der Waals surface area contributed by atoms with Crippen LogP contribution in [0.5, 0.6) is 0 Å². The number of aliphatic hydroxyl groups is 1. The van der Waals surface area contributed by atoms with Crippen molar-refractivity contribution in [3.05, 3.63) is 29.6 Å². The van der Waals surface area contributed by atoms with Crippen molar-refractivity contribution in [3.63, 3.8) is 0 Å². The van der Waals surface area contributed by atoms with Gasteiger partial charge in [0, 0.05) is 13.3 Å². The van der Waals surface area contributed by atoms with Gasteiger partial charge in [-0.15, -0.1) is 0 Å². The first kappa shape index (κ1) is 23.3. The largest absolute Gasteiger partial charge is 0.387 e. The molecule has 0 aliphatic heterocycles. The zero-order chi connectivity index (χ0) is 23.4. The van der Waals surface area contributed by atoms with Gasteiger partial charge in [0.15, 0.2) is 0 Å². The van der Waals surface area contributed by atoms with E-state index in [0.29, 0.717) is 35.5 Å². The number of ether oxygens (including phenoxy) is 1. The standard InChI is InChI=1S/C28H42N2O3/c1-17(19-5-4-14-30-25(19)26(29)31)23-8-9-24-22-7-6-18-15-28(32,16-33-3)13-11-20(18)21(22)10-12-27(23,24)2/h4-5,14,17-18,20-24,32H,6-13,15-16H2,1-3H3,(H2,29,31)/t17-,18-,20+,21-,22-,23+,24+,27-,28-/m1/s1.